The van der Waals surface area contributed by atoms with Crippen molar-refractivity contribution in [3.05, 3.63) is 62.3 Å². The van der Waals surface area contributed by atoms with Crippen molar-refractivity contribution in [1.29, 1.82) is 0 Å². The van der Waals surface area contributed by atoms with Crippen molar-refractivity contribution in [2.45, 2.75) is 11.8 Å². The molecule has 0 aliphatic heterocycles. The van der Waals surface area contributed by atoms with Crippen LogP contribution in [0, 0.1) is 5.82 Å². The van der Waals surface area contributed by atoms with E-state index in [2.05, 4.69) is 47.8 Å². The molecule has 1 atom stereocenters. The molecule has 2 rings (SSSR count). The molecule has 0 fully saturated rings. The van der Waals surface area contributed by atoms with Crippen LogP contribution >= 0.6 is 47.8 Å². The number of ether oxygens (including phenoxy) is 1. The molecule has 0 N–H and O–H groups in total. The van der Waals surface area contributed by atoms with Crippen LogP contribution in [0.3, 0.4) is 0 Å². The molecule has 106 valence electrons. The number of rotatable bonds is 4. The quantitative estimate of drug-likeness (QED) is 0.485. The van der Waals surface area contributed by atoms with Crippen molar-refractivity contribution in [1.82, 2.24) is 0 Å². The molecule has 0 aliphatic rings. The highest BCUT2D eigenvalue weighted by atomic mass is 79.9. The number of hydrogen-bond donors (Lipinski definition) is 0. The number of halogens is 4. The van der Waals surface area contributed by atoms with E-state index in [1.54, 1.807) is 6.07 Å². The third-order valence-electron chi connectivity index (χ3n) is 2.78. The Morgan fingerprint density at radius 3 is 2.50 bits per heavy atom. The molecule has 0 bridgehead atoms. The summed E-state index contributed by atoms with van der Waals surface area (Å²) >= 11 is 10.3. The molecule has 0 heterocycles. The van der Waals surface area contributed by atoms with Crippen LogP contribution in [0.2, 0.25) is 0 Å². The van der Waals surface area contributed by atoms with Gasteiger partial charge in [0.2, 0.25) is 0 Å². The summed E-state index contributed by atoms with van der Waals surface area (Å²) in [4.78, 5) is -0.206. The maximum absolute atomic E-state index is 14.0. The molecule has 5 heteroatoms. The fraction of sp³-hybridized carbons (Fsp3) is 0.200. The summed E-state index contributed by atoms with van der Waals surface area (Å²) in [5.74, 6) is 0.540. The summed E-state index contributed by atoms with van der Waals surface area (Å²) in [5.41, 5.74) is 1.56. The molecule has 20 heavy (non-hydrogen) atoms. The second-order valence-corrected chi connectivity index (χ2v) is 6.84. The fourth-order valence-electron chi connectivity index (χ4n) is 1.83. The van der Waals surface area contributed by atoms with E-state index in [1.165, 1.54) is 6.07 Å². The molecular formula is C15H12Br3FO. The third kappa shape index (κ3) is 3.62. The van der Waals surface area contributed by atoms with Crippen LogP contribution in [-0.4, -0.2) is 6.61 Å². The monoisotopic (exact) mass is 464 g/mol. The molecule has 0 saturated heterocycles. The maximum atomic E-state index is 14.0. The largest absolute Gasteiger partial charge is 0.493 e. The van der Waals surface area contributed by atoms with Gasteiger partial charge in [0.15, 0.2) is 0 Å². The van der Waals surface area contributed by atoms with Gasteiger partial charge >= 0.3 is 0 Å². The minimum atomic E-state index is -0.244. The Labute approximate surface area is 142 Å². The lowest BCUT2D eigenvalue weighted by molar-refractivity contribution is 0.338. The van der Waals surface area contributed by atoms with Gasteiger partial charge in [-0.15, -0.1) is 0 Å². The SMILES string of the molecule is CCOc1ccc(C(Br)c2ccc(Br)cc2F)cc1Br. The molecule has 2 aromatic carbocycles. The highest BCUT2D eigenvalue weighted by Gasteiger charge is 2.16. The van der Waals surface area contributed by atoms with Crippen LogP contribution in [-0.2, 0) is 0 Å². The van der Waals surface area contributed by atoms with Gasteiger partial charge in [-0.05, 0) is 52.7 Å². The Hall–Kier alpha value is -0.390. The predicted octanol–water partition coefficient (Wildman–Crippen LogP) is 6.23. The van der Waals surface area contributed by atoms with E-state index in [1.807, 2.05) is 31.2 Å². The van der Waals surface area contributed by atoms with Gasteiger partial charge in [-0.1, -0.05) is 44.0 Å². The Morgan fingerprint density at radius 2 is 1.90 bits per heavy atom. The minimum Gasteiger partial charge on any atom is -0.493 e. The first kappa shape index (κ1) is 16.0. The minimum absolute atomic E-state index is 0.206. The van der Waals surface area contributed by atoms with Gasteiger partial charge in [-0.25, -0.2) is 4.39 Å². The van der Waals surface area contributed by atoms with Crippen LogP contribution in [0.4, 0.5) is 4.39 Å². The van der Waals surface area contributed by atoms with Gasteiger partial charge < -0.3 is 4.74 Å². The van der Waals surface area contributed by atoms with Gasteiger partial charge in [0.05, 0.1) is 15.9 Å². The Morgan fingerprint density at radius 1 is 1.15 bits per heavy atom. The van der Waals surface area contributed by atoms with Gasteiger partial charge in [-0.2, -0.15) is 0 Å². The molecular weight excluding hydrogens is 455 g/mol. The lowest BCUT2D eigenvalue weighted by atomic mass is 10.0. The van der Waals surface area contributed by atoms with Gasteiger partial charge in [-0.3, -0.25) is 0 Å². The van der Waals surface area contributed by atoms with E-state index in [0.717, 1.165) is 20.3 Å². The molecule has 0 radical (unpaired) electrons. The molecule has 0 aliphatic carbocycles. The topological polar surface area (TPSA) is 9.23 Å². The lowest BCUT2D eigenvalue weighted by Gasteiger charge is -2.14. The van der Waals surface area contributed by atoms with Gasteiger partial charge in [0, 0.05) is 10.0 Å². The normalized spacial score (nSPS) is 12.2. The average molecular weight is 467 g/mol. The standard InChI is InChI=1S/C15H12Br3FO/c1-2-20-14-6-3-9(7-12(14)17)15(18)11-5-4-10(16)8-13(11)19/h3-8,15H,2H2,1H3. The van der Waals surface area contributed by atoms with Crippen molar-refractivity contribution < 1.29 is 9.13 Å². The van der Waals surface area contributed by atoms with Crippen LogP contribution in [0.15, 0.2) is 45.3 Å². The first-order valence-electron chi connectivity index (χ1n) is 6.04. The fourth-order valence-corrected chi connectivity index (χ4v) is 3.33. The van der Waals surface area contributed by atoms with Crippen molar-refractivity contribution in [3.8, 4) is 5.75 Å². The predicted molar refractivity (Wildman–Crippen MR) is 90.2 cm³/mol. The summed E-state index contributed by atoms with van der Waals surface area (Å²) in [5, 5.41) is 0. The molecule has 1 nitrogen and oxygen atoms in total. The Bertz CT molecular complexity index is 616. The first-order valence-corrected chi connectivity index (χ1v) is 8.54. The summed E-state index contributed by atoms with van der Waals surface area (Å²) < 4.78 is 21.1. The van der Waals surface area contributed by atoms with E-state index < -0.39 is 0 Å². The Balaban J connectivity index is 2.33. The number of alkyl halides is 1. The third-order valence-corrected chi connectivity index (χ3v) is 4.92. The molecule has 0 aromatic heterocycles. The lowest BCUT2D eigenvalue weighted by Crippen LogP contribution is -1.98. The second-order valence-electron chi connectivity index (χ2n) is 4.15. The van der Waals surface area contributed by atoms with Gasteiger partial charge in [0.1, 0.15) is 11.6 Å². The van der Waals surface area contributed by atoms with Crippen LogP contribution in [0.25, 0.3) is 0 Å². The zero-order chi connectivity index (χ0) is 14.7. The van der Waals surface area contributed by atoms with Crippen molar-refractivity contribution in [2.75, 3.05) is 6.61 Å². The number of benzene rings is 2. The van der Waals surface area contributed by atoms with E-state index >= 15 is 0 Å². The van der Waals surface area contributed by atoms with Crippen molar-refractivity contribution in [3.63, 3.8) is 0 Å². The summed E-state index contributed by atoms with van der Waals surface area (Å²) in [7, 11) is 0. The van der Waals surface area contributed by atoms with E-state index in [9.17, 15) is 4.39 Å². The summed E-state index contributed by atoms with van der Waals surface area (Å²) in [6.45, 7) is 2.54. The highest BCUT2D eigenvalue weighted by molar-refractivity contribution is 9.11. The summed E-state index contributed by atoms with van der Waals surface area (Å²) in [6.07, 6.45) is 0. The zero-order valence-electron chi connectivity index (χ0n) is 10.7. The summed E-state index contributed by atoms with van der Waals surface area (Å²) in [6, 6.07) is 10.8. The molecule has 1 unspecified atom stereocenters. The van der Waals surface area contributed by atoms with Crippen LogP contribution in [0.1, 0.15) is 22.9 Å². The molecule has 0 spiro atoms. The van der Waals surface area contributed by atoms with Gasteiger partial charge in [0.25, 0.3) is 0 Å². The number of hydrogen-bond acceptors (Lipinski definition) is 1. The van der Waals surface area contributed by atoms with E-state index in [-0.39, 0.29) is 10.6 Å². The van der Waals surface area contributed by atoms with Crippen LogP contribution in [0.5, 0.6) is 5.75 Å². The highest BCUT2D eigenvalue weighted by Crippen LogP contribution is 2.37. The zero-order valence-corrected chi connectivity index (χ0v) is 15.4. The van der Waals surface area contributed by atoms with Crippen LogP contribution < -0.4 is 4.74 Å². The second kappa shape index (κ2) is 7.05. The molecule has 0 saturated carbocycles. The molecule has 2 aromatic rings. The maximum Gasteiger partial charge on any atom is 0.133 e. The Kier molecular flexibility index (Phi) is 5.64. The van der Waals surface area contributed by atoms with E-state index in [4.69, 9.17) is 4.74 Å². The van der Waals surface area contributed by atoms with Crippen molar-refractivity contribution >= 4 is 47.8 Å². The first-order chi connectivity index (χ1) is 9.52. The van der Waals surface area contributed by atoms with E-state index in [0.29, 0.717) is 12.2 Å². The van der Waals surface area contributed by atoms with Crippen molar-refractivity contribution in [2.24, 2.45) is 0 Å². The average Bonchev–Trinajstić information content (AvgIpc) is 2.40. The smallest absolute Gasteiger partial charge is 0.133 e. The molecule has 0 amide bonds.